The zero-order chi connectivity index (χ0) is 14.0. The van der Waals surface area contributed by atoms with Gasteiger partial charge in [-0.15, -0.1) is 0 Å². The van der Waals surface area contributed by atoms with Crippen molar-refractivity contribution in [3.63, 3.8) is 0 Å². The number of aliphatic hydroxyl groups excluding tert-OH is 1. The lowest BCUT2D eigenvalue weighted by atomic mass is 10.2. The van der Waals surface area contributed by atoms with Gasteiger partial charge in [0, 0.05) is 17.9 Å². The highest BCUT2D eigenvalue weighted by molar-refractivity contribution is 9.11. The van der Waals surface area contributed by atoms with Crippen molar-refractivity contribution in [3.05, 3.63) is 37.6 Å². The van der Waals surface area contributed by atoms with Crippen molar-refractivity contribution >= 4 is 37.9 Å². The second-order valence-electron chi connectivity index (χ2n) is 4.13. The van der Waals surface area contributed by atoms with Gasteiger partial charge in [0.2, 0.25) is 0 Å². The highest BCUT2D eigenvalue weighted by Gasteiger charge is 2.34. The molecule has 0 spiro atoms. The predicted molar refractivity (Wildman–Crippen MR) is 77.6 cm³/mol. The van der Waals surface area contributed by atoms with Crippen molar-refractivity contribution in [3.8, 4) is 0 Å². The summed E-state index contributed by atoms with van der Waals surface area (Å²) in [6, 6.07) is 0. The Morgan fingerprint density at radius 2 is 2.32 bits per heavy atom. The number of halogens is 2. The second-order valence-corrected chi connectivity index (χ2v) is 5.31. The van der Waals surface area contributed by atoms with Gasteiger partial charge in [0.25, 0.3) is 5.56 Å². The number of aromatic amines is 1. The van der Waals surface area contributed by atoms with Crippen molar-refractivity contribution in [2.45, 2.75) is 24.9 Å². The van der Waals surface area contributed by atoms with Gasteiger partial charge < -0.3 is 9.84 Å². The molecule has 3 unspecified atom stereocenters. The summed E-state index contributed by atoms with van der Waals surface area (Å²) < 4.78 is 6.86. The largest absolute Gasteiger partial charge is 0.390 e. The van der Waals surface area contributed by atoms with Gasteiger partial charge in [-0.2, -0.15) is 0 Å². The lowest BCUT2D eigenvalue weighted by molar-refractivity contribution is -0.00698. The fraction of sp³-hybridized carbons (Fsp3) is 0.455. The number of rotatable bonds is 3. The van der Waals surface area contributed by atoms with E-state index >= 15 is 0 Å². The van der Waals surface area contributed by atoms with E-state index in [1.807, 2.05) is 0 Å². The average molecular weight is 396 g/mol. The summed E-state index contributed by atoms with van der Waals surface area (Å²) in [7, 11) is 0. The first kappa shape index (κ1) is 14.7. The van der Waals surface area contributed by atoms with Crippen LogP contribution in [-0.2, 0) is 4.74 Å². The number of hydrogen-bond donors (Lipinski definition) is 2. The standard InChI is InChI=1S/C11H12Br2N2O4/c12-2-1-6-5-15(11(18)14-10(6)17)9-3-7(16)8(4-13)19-9/h1-2,5,7-9,16H,3-4H2,(H,14,17,18)/b2-1+. The average Bonchev–Trinajstić information content (AvgIpc) is 2.74. The zero-order valence-electron chi connectivity index (χ0n) is 9.75. The van der Waals surface area contributed by atoms with E-state index in [4.69, 9.17) is 4.74 Å². The van der Waals surface area contributed by atoms with Gasteiger partial charge in [0.15, 0.2) is 0 Å². The maximum Gasteiger partial charge on any atom is 0.330 e. The topological polar surface area (TPSA) is 84.3 Å². The van der Waals surface area contributed by atoms with Crippen LogP contribution in [0.2, 0.25) is 0 Å². The summed E-state index contributed by atoms with van der Waals surface area (Å²) in [5.41, 5.74) is -0.687. The maximum absolute atomic E-state index is 11.8. The highest BCUT2D eigenvalue weighted by Crippen LogP contribution is 2.28. The Bertz CT molecular complexity index is 595. The van der Waals surface area contributed by atoms with Crippen LogP contribution in [0.25, 0.3) is 6.08 Å². The Morgan fingerprint density at radius 3 is 2.89 bits per heavy atom. The minimum absolute atomic E-state index is 0.305. The van der Waals surface area contributed by atoms with Gasteiger partial charge in [-0.25, -0.2) is 4.79 Å². The number of alkyl halides is 1. The van der Waals surface area contributed by atoms with E-state index in [9.17, 15) is 14.7 Å². The van der Waals surface area contributed by atoms with Crippen molar-refractivity contribution in [2.24, 2.45) is 0 Å². The van der Waals surface area contributed by atoms with E-state index in [0.717, 1.165) is 0 Å². The van der Waals surface area contributed by atoms with Crippen LogP contribution in [0.4, 0.5) is 0 Å². The number of H-pyrrole nitrogens is 1. The smallest absolute Gasteiger partial charge is 0.330 e. The van der Waals surface area contributed by atoms with Crippen LogP contribution in [0.3, 0.4) is 0 Å². The molecule has 2 heterocycles. The quantitative estimate of drug-likeness (QED) is 0.746. The minimum Gasteiger partial charge on any atom is -0.390 e. The number of aromatic nitrogens is 2. The van der Waals surface area contributed by atoms with Crippen LogP contribution in [0.1, 0.15) is 18.2 Å². The first-order chi connectivity index (χ1) is 9.06. The van der Waals surface area contributed by atoms with Gasteiger partial charge >= 0.3 is 5.69 Å². The molecule has 8 heteroatoms. The fourth-order valence-corrected chi connectivity index (χ4v) is 2.80. The van der Waals surface area contributed by atoms with Gasteiger partial charge in [-0.3, -0.25) is 14.3 Å². The SMILES string of the molecule is O=c1[nH]c(=O)n(C2CC(O)C(CBr)O2)cc1/C=C/Br. The number of nitrogens with one attached hydrogen (secondary N) is 1. The van der Waals surface area contributed by atoms with Crippen molar-refractivity contribution in [1.82, 2.24) is 9.55 Å². The lowest BCUT2D eigenvalue weighted by Crippen LogP contribution is -2.33. The molecule has 3 atom stereocenters. The molecule has 0 aliphatic carbocycles. The Labute approximate surface area is 125 Å². The van der Waals surface area contributed by atoms with Crippen molar-refractivity contribution in [2.75, 3.05) is 5.33 Å². The molecular weight excluding hydrogens is 384 g/mol. The molecule has 0 aromatic carbocycles. The Hall–Kier alpha value is -0.700. The molecule has 1 fully saturated rings. The van der Waals surface area contributed by atoms with Crippen LogP contribution < -0.4 is 11.2 Å². The van der Waals surface area contributed by atoms with Crippen LogP contribution in [0.15, 0.2) is 20.8 Å². The monoisotopic (exact) mass is 394 g/mol. The van der Waals surface area contributed by atoms with E-state index in [-0.39, 0.29) is 6.10 Å². The number of hydrogen-bond acceptors (Lipinski definition) is 4. The van der Waals surface area contributed by atoms with Crippen molar-refractivity contribution in [1.29, 1.82) is 0 Å². The molecule has 1 saturated heterocycles. The summed E-state index contributed by atoms with van der Waals surface area (Å²) in [6.07, 6.45) is 1.68. The van der Waals surface area contributed by atoms with E-state index < -0.39 is 23.6 Å². The molecule has 1 aliphatic rings. The lowest BCUT2D eigenvalue weighted by Gasteiger charge is -2.14. The first-order valence-corrected chi connectivity index (χ1v) is 7.62. The molecule has 104 valence electrons. The molecule has 19 heavy (non-hydrogen) atoms. The van der Waals surface area contributed by atoms with Gasteiger partial charge in [0.1, 0.15) is 6.23 Å². The van der Waals surface area contributed by atoms with E-state index in [1.54, 1.807) is 0 Å². The van der Waals surface area contributed by atoms with Gasteiger partial charge in [0.05, 0.1) is 17.8 Å². The molecule has 0 amide bonds. The van der Waals surface area contributed by atoms with E-state index in [1.165, 1.54) is 21.8 Å². The summed E-state index contributed by atoms with van der Waals surface area (Å²) in [4.78, 5) is 27.1. The van der Waals surface area contributed by atoms with Gasteiger partial charge in [-0.05, 0) is 11.1 Å². The third-order valence-electron chi connectivity index (χ3n) is 2.90. The summed E-state index contributed by atoms with van der Waals surface area (Å²) in [5, 5.41) is 10.3. The van der Waals surface area contributed by atoms with Crippen LogP contribution in [-0.4, -0.2) is 32.2 Å². The molecule has 2 N–H and O–H groups in total. The fourth-order valence-electron chi connectivity index (χ4n) is 1.93. The minimum atomic E-state index is -0.640. The van der Waals surface area contributed by atoms with Gasteiger partial charge in [-0.1, -0.05) is 31.9 Å². The molecular formula is C11H12Br2N2O4. The normalized spacial score (nSPS) is 27.2. The molecule has 0 bridgehead atoms. The molecule has 0 saturated carbocycles. The summed E-state index contributed by atoms with van der Waals surface area (Å²) in [5.74, 6) is 0. The van der Waals surface area contributed by atoms with Crippen LogP contribution in [0.5, 0.6) is 0 Å². The summed E-state index contributed by atoms with van der Waals surface area (Å²) >= 11 is 6.32. The third-order valence-corrected chi connectivity index (χ3v) is 3.81. The predicted octanol–water partition coefficient (Wildman–Crippen LogP) is 0.945. The molecule has 1 aliphatic heterocycles. The van der Waals surface area contributed by atoms with Crippen molar-refractivity contribution < 1.29 is 9.84 Å². The Kier molecular flexibility index (Phi) is 4.77. The first-order valence-electron chi connectivity index (χ1n) is 5.58. The molecule has 2 rings (SSSR count). The maximum atomic E-state index is 11.8. The van der Waals surface area contributed by atoms with E-state index in [0.29, 0.717) is 17.3 Å². The molecule has 1 aromatic heterocycles. The second kappa shape index (κ2) is 6.17. The molecule has 6 nitrogen and oxygen atoms in total. The van der Waals surface area contributed by atoms with E-state index in [2.05, 4.69) is 36.8 Å². The summed E-state index contributed by atoms with van der Waals surface area (Å²) in [6.45, 7) is 0. The number of nitrogens with zero attached hydrogens (tertiary/aromatic N) is 1. The number of aliphatic hydroxyl groups is 1. The Balaban J connectivity index is 2.38. The molecule has 0 radical (unpaired) electrons. The third kappa shape index (κ3) is 3.07. The van der Waals surface area contributed by atoms with Crippen LogP contribution >= 0.6 is 31.9 Å². The molecule has 1 aromatic rings. The number of ether oxygens (including phenoxy) is 1. The Morgan fingerprint density at radius 1 is 1.58 bits per heavy atom. The van der Waals surface area contributed by atoms with Crippen LogP contribution in [0, 0.1) is 0 Å². The zero-order valence-corrected chi connectivity index (χ0v) is 12.9. The highest BCUT2D eigenvalue weighted by atomic mass is 79.9.